The Morgan fingerprint density at radius 2 is 2.07 bits per heavy atom. The van der Waals surface area contributed by atoms with Gasteiger partial charge in [-0.3, -0.25) is 19.5 Å². The molecule has 3 aliphatic heterocycles. The summed E-state index contributed by atoms with van der Waals surface area (Å²) in [6.45, 7) is 5.83. The van der Waals surface area contributed by atoms with E-state index in [-0.39, 0.29) is 23.9 Å². The number of pyridine rings is 1. The van der Waals surface area contributed by atoms with Gasteiger partial charge in [0.2, 0.25) is 0 Å². The topological polar surface area (TPSA) is 85.8 Å². The van der Waals surface area contributed by atoms with Crippen LogP contribution in [0, 0.1) is 0 Å². The Hall–Kier alpha value is -2.48. The largest absolute Gasteiger partial charge is 0.337 e. The van der Waals surface area contributed by atoms with Gasteiger partial charge in [0.1, 0.15) is 5.54 Å². The molecule has 8 nitrogen and oxygen atoms in total. The number of carbonyl (C=O) groups is 3. The zero-order valence-electron chi connectivity index (χ0n) is 17.0. The molecule has 1 aromatic heterocycles. The maximum atomic E-state index is 13.3. The minimum absolute atomic E-state index is 0.0996. The number of urea groups is 1. The lowest BCUT2D eigenvalue weighted by Gasteiger charge is -2.39. The van der Waals surface area contributed by atoms with E-state index in [4.69, 9.17) is 0 Å². The lowest BCUT2D eigenvalue weighted by atomic mass is 9.87. The normalized spacial score (nSPS) is 24.8. The molecule has 0 saturated carbocycles. The maximum absolute atomic E-state index is 13.3. The van der Waals surface area contributed by atoms with Crippen LogP contribution in [0.3, 0.4) is 0 Å². The Kier molecular flexibility index (Phi) is 5.54. The molecular formula is C21H29N5O3. The summed E-state index contributed by atoms with van der Waals surface area (Å²) in [4.78, 5) is 48.4. The number of carbonyl (C=O) groups excluding carboxylic acids is 3. The number of hydrogen-bond acceptors (Lipinski definition) is 5. The highest BCUT2D eigenvalue weighted by molar-refractivity contribution is 6.07. The predicted octanol–water partition coefficient (Wildman–Crippen LogP) is 1.48. The summed E-state index contributed by atoms with van der Waals surface area (Å²) < 4.78 is 0. The van der Waals surface area contributed by atoms with Crippen LogP contribution >= 0.6 is 0 Å². The Morgan fingerprint density at radius 1 is 1.28 bits per heavy atom. The minimum Gasteiger partial charge on any atom is -0.337 e. The van der Waals surface area contributed by atoms with Gasteiger partial charge in [-0.05, 0) is 50.8 Å². The molecule has 3 fully saturated rings. The van der Waals surface area contributed by atoms with Crippen LogP contribution < -0.4 is 5.32 Å². The van der Waals surface area contributed by atoms with Gasteiger partial charge in [0.25, 0.3) is 11.8 Å². The zero-order chi connectivity index (χ0) is 20.4. The number of nitrogens with one attached hydrogen (secondary N) is 1. The van der Waals surface area contributed by atoms with Crippen LogP contribution in [0.4, 0.5) is 4.79 Å². The molecule has 1 atom stereocenters. The van der Waals surface area contributed by atoms with Gasteiger partial charge in [-0.15, -0.1) is 0 Å². The molecule has 0 bridgehead atoms. The number of piperidine rings is 2. The molecule has 156 valence electrons. The maximum Gasteiger partial charge on any atom is 0.325 e. The molecule has 3 aliphatic rings. The standard InChI is InChI=1S/C21H29N5O3/c1-2-10-24-12-7-21(8-13-24)19(28)26(20(29)23-21)17-6-4-11-25(15-17)18(27)16-5-3-9-22-14-16/h3,5,9,14,17H,2,4,6-8,10-13,15H2,1H3,(H,23,29)/t17-/m1/s1. The second-order valence-electron chi connectivity index (χ2n) is 8.32. The van der Waals surface area contributed by atoms with E-state index in [0.29, 0.717) is 31.5 Å². The van der Waals surface area contributed by atoms with Crippen LogP contribution in [-0.4, -0.2) is 81.8 Å². The number of imide groups is 1. The Bertz CT molecular complexity index is 776. The van der Waals surface area contributed by atoms with E-state index in [0.717, 1.165) is 38.9 Å². The predicted molar refractivity (Wildman–Crippen MR) is 107 cm³/mol. The SMILES string of the molecule is CCCN1CCC2(CC1)NC(=O)N([C@@H]1CCCN(C(=O)c3cccnc3)C1)C2=O. The summed E-state index contributed by atoms with van der Waals surface area (Å²) in [7, 11) is 0. The van der Waals surface area contributed by atoms with Crippen molar-refractivity contribution in [3.05, 3.63) is 30.1 Å². The fourth-order valence-electron chi connectivity index (χ4n) is 4.81. The van der Waals surface area contributed by atoms with Gasteiger partial charge in [0.05, 0.1) is 11.6 Å². The highest BCUT2D eigenvalue weighted by Crippen LogP contribution is 2.32. The van der Waals surface area contributed by atoms with Crippen molar-refractivity contribution >= 4 is 17.8 Å². The number of amides is 4. The van der Waals surface area contributed by atoms with E-state index in [9.17, 15) is 14.4 Å². The fourth-order valence-corrected chi connectivity index (χ4v) is 4.81. The minimum atomic E-state index is -0.767. The Balaban J connectivity index is 1.45. The highest BCUT2D eigenvalue weighted by Gasteiger charge is 2.54. The third-order valence-electron chi connectivity index (χ3n) is 6.40. The van der Waals surface area contributed by atoms with Crippen molar-refractivity contribution in [1.29, 1.82) is 0 Å². The van der Waals surface area contributed by atoms with E-state index in [2.05, 4.69) is 22.1 Å². The van der Waals surface area contributed by atoms with Gasteiger partial charge < -0.3 is 15.1 Å². The second-order valence-corrected chi connectivity index (χ2v) is 8.32. The number of likely N-dealkylation sites (tertiary alicyclic amines) is 2. The molecule has 0 aliphatic carbocycles. The van der Waals surface area contributed by atoms with Gasteiger partial charge >= 0.3 is 6.03 Å². The molecule has 1 aromatic rings. The summed E-state index contributed by atoms with van der Waals surface area (Å²) in [5.74, 6) is -0.211. The first-order chi connectivity index (χ1) is 14.0. The number of hydrogen-bond donors (Lipinski definition) is 1. The molecule has 1 N–H and O–H groups in total. The van der Waals surface area contributed by atoms with Gasteiger partial charge in [-0.25, -0.2) is 4.79 Å². The summed E-state index contributed by atoms with van der Waals surface area (Å²) >= 11 is 0. The number of rotatable bonds is 4. The van der Waals surface area contributed by atoms with Crippen LogP contribution in [0.1, 0.15) is 49.4 Å². The van der Waals surface area contributed by atoms with Crippen LogP contribution in [0.5, 0.6) is 0 Å². The average Bonchev–Trinajstić information content (AvgIpc) is 2.99. The number of nitrogens with zero attached hydrogens (tertiary/aromatic N) is 4. The van der Waals surface area contributed by atoms with E-state index < -0.39 is 5.54 Å². The molecule has 1 spiro atoms. The van der Waals surface area contributed by atoms with E-state index in [1.165, 1.54) is 4.90 Å². The molecule has 8 heteroatoms. The first-order valence-corrected chi connectivity index (χ1v) is 10.6. The molecular weight excluding hydrogens is 370 g/mol. The van der Waals surface area contributed by atoms with Gasteiger partial charge in [0.15, 0.2) is 0 Å². The third-order valence-corrected chi connectivity index (χ3v) is 6.40. The van der Waals surface area contributed by atoms with Crippen LogP contribution in [0.2, 0.25) is 0 Å². The van der Waals surface area contributed by atoms with Crippen molar-refractivity contribution in [2.45, 2.75) is 50.6 Å². The van der Waals surface area contributed by atoms with Gasteiger partial charge in [0, 0.05) is 38.6 Å². The fraction of sp³-hybridized carbons (Fsp3) is 0.619. The molecule has 0 aromatic carbocycles. The van der Waals surface area contributed by atoms with Crippen LogP contribution in [0.15, 0.2) is 24.5 Å². The smallest absolute Gasteiger partial charge is 0.325 e. The monoisotopic (exact) mass is 399 g/mol. The number of aromatic nitrogens is 1. The van der Waals surface area contributed by atoms with Crippen LogP contribution in [-0.2, 0) is 4.79 Å². The highest BCUT2D eigenvalue weighted by atomic mass is 16.2. The van der Waals surface area contributed by atoms with Crippen LogP contribution in [0.25, 0.3) is 0 Å². The second kappa shape index (κ2) is 8.10. The lowest BCUT2D eigenvalue weighted by molar-refractivity contribution is -0.135. The lowest BCUT2D eigenvalue weighted by Crippen LogP contribution is -2.56. The van der Waals surface area contributed by atoms with Crippen molar-refractivity contribution in [1.82, 2.24) is 25.0 Å². The Morgan fingerprint density at radius 3 is 2.76 bits per heavy atom. The molecule has 4 rings (SSSR count). The van der Waals surface area contributed by atoms with Crippen molar-refractivity contribution in [2.75, 3.05) is 32.7 Å². The molecule has 4 amide bonds. The average molecular weight is 399 g/mol. The summed E-state index contributed by atoms with van der Waals surface area (Å²) in [5.41, 5.74) is -0.234. The van der Waals surface area contributed by atoms with Crippen molar-refractivity contribution in [3.8, 4) is 0 Å². The molecule has 3 saturated heterocycles. The summed E-state index contributed by atoms with van der Waals surface area (Å²) in [6.07, 6.45) is 7.08. The van der Waals surface area contributed by atoms with E-state index in [1.807, 2.05) is 0 Å². The molecule has 4 heterocycles. The quantitative estimate of drug-likeness (QED) is 0.775. The van der Waals surface area contributed by atoms with Crippen molar-refractivity contribution in [3.63, 3.8) is 0 Å². The summed E-state index contributed by atoms with van der Waals surface area (Å²) in [6, 6.07) is 2.90. The molecule has 29 heavy (non-hydrogen) atoms. The van der Waals surface area contributed by atoms with E-state index in [1.54, 1.807) is 29.4 Å². The molecule has 0 unspecified atom stereocenters. The first kappa shape index (κ1) is 19.8. The molecule has 0 radical (unpaired) electrons. The first-order valence-electron chi connectivity index (χ1n) is 10.6. The zero-order valence-corrected chi connectivity index (χ0v) is 17.0. The van der Waals surface area contributed by atoms with Crippen molar-refractivity contribution < 1.29 is 14.4 Å². The van der Waals surface area contributed by atoms with Crippen molar-refractivity contribution in [2.24, 2.45) is 0 Å². The van der Waals surface area contributed by atoms with E-state index >= 15 is 0 Å². The van der Waals surface area contributed by atoms with Gasteiger partial charge in [-0.2, -0.15) is 0 Å². The third kappa shape index (κ3) is 3.73. The summed E-state index contributed by atoms with van der Waals surface area (Å²) in [5, 5.41) is 3.00. The Labute approximate surface area is 171 Å². The van der Waals surface area contributed by atoms with Gasteiger partial charge in [-0.1, -0.05) is 6.92 Å².